The SMILES string of the molecule is Cc1c(C(C)NC(=O)Cn2nc(C(F)F)c([N+](=O)[O-])c2C)cnn1C. The summed E-state index contributed by atoms with van der Waals surface area (Å²) in [6, 6.07) is -0.360. The van der Waals surface area contributed by atoms with Gasteiger partial charge in [-0.05, 0) is 20.8 Å². The molecule has 2 heterocycles. The number of nitrogens with one attached hydrogen (secondary N) is 1. The van der Waals surface area contributed by atoms with Gasteiger partial charge in [0.05, 0.1) is 17.2 Å². The Bertz CT molecular complexity index is 814. The fraction of sp³-hybridized carbons (Fsp3) is 0.500. The first-order valence-corrected chi connectivity index (χ1v) is 7.41. The van der Waals surface area contributed by atoms with Crippen LogP contribution in [0.3, 0.4) is 0 Å². The highest BCUT2D eigenvalue weighted by Crippen LogP contribution is 2.30. The molecule has 0 fully saturated rings. The van der Waals surface area contributed by atoms with Crippen LogP contribution >= 0.6 is 0 Å². The van der Waals surface area contributed by atoms with Crippen LogP contribution < -0.4 is 5.32 Å². The summed E-state index contributed by atoms with van der Waals surface area (Å²) < 4.78 is 28.4. The minimum Gasteiger partial charge on any atom is -0.348 e. The molecule has 9 nitrogen and oxygen atoms in total. The van der Waals surface area contributed by atoms with Gasteiger partial charge in [-0.2, -0.15) is 10.2 Å². The van der Waals surface area contributed by atoms with Gasteiger partial charge >= 0.3 is 5.69 Å². The number of rotatable bonds is 6. The second-order valence-electron chi connectivity index (χ2n) is 5.63. The quantitative estimate of drug-likeness (QED) is 0.629. The molecular weight excluding hydrogens is 338 g/mol. The van der Waals surface area contributed by atoms with Gasteiger partial charge in [-0.1, -0.05) is 0 Å². The van der Waals surface area contributed by atoms with Gasteiger partial charge in [0.2, 0.25) is 11.6 Å². The molecule has 2 rings (SSSR count). The van der Waals surface area contributed by atoms with E-state index in [1.807, 2.05) is 6.92 Å². The van der Waals surface area contributed by atoms with Crippen LogP contribution in [0.4, 0.5) is 14.5 Å². The Morgan fingerprint density at radius 1 is 1.40 bits per heavy atom. The number of nitrogens with zero attached hydrogens (tertiary/aromatic N) is 5. The molecule has 0 radical (unpaired) electrons. The summed E-state index contributed by atoms with van der Waals surface area (Å²) in [5.41, 5.74) is -0.114. The number of hydrogen-bond acceptors (Lipinski definition) is 5. The first-order chi connectivity index (χ1) is 11.6. The van der Waals surface area contributed by atoms with Crippen molar-refractivity contribution in [1.29, 1.82) is 0 Å². The molecule has 25 heavy (non-hydrogen) atoms. The minimum atomic E-state index is -3.10. The van der Waals surface area contributed by atoms with E-state index in [0.29, 0.717) is 0 Å². The molecule has 0 saturated heterocycles. The van der Waals surface area contributed by atoms with Crippen molar-refractivity contribution >= 4 is 11.6 Å². The maximum absolute atomic E-state index is 12.9. The molecule has 136 valence electrons. The molecule has 1 amide bonds. The lowest BCUT2D eigenvalue weighted by molar-refractivity contribution is -0.386. The summed E-state index contributed by atoms with van der Waals surface area (Å²) in [5.74, 6) is -0.503. The van der Waals surface area contributed by atoms with Crippen LogP contribution in [0, 0.1) is 24.0 Å². The Morgan fingerprint density at radius 2 is 2.04 bits per heavy atom. The van der Waals surface area contributed by atoms with Gasteiger partial charge in [-0.15, -0.1) is 0 Å². The molecule has 1 atom stereocenters. The monoisotopic (exact) mass is 356 g/mol. The summed E-state index contributed by atoms with van der Waals surface area (Å²) in [6.45, 7) is 4.48. The maximum Gasteiger partial charge on any atom is 0.319 e. The molecular formula is C14H18F2N6O3. The number of alkyl halides is 2. The molecule has 0 bridgehead atoms. The normalized spacial score (nSPS) is 12.4. The van der Waals surface area contributed by atoms with Gasteiger partial charge in [0.1, 0.15) is 12.2 Å². The van der Waals surface area contributed by atoms with E-state index in [1.54, 1.807) is 24.9 Å². The highest BCUT2D eigenvalue weighted by Gasteiger charge is 2.31. The van der Waals surface area contributed by atoms with Crippen molar-refractivity contribution < 1.29 is 18.5 Å². The highest BCUT2D eigenvalue weighted by molar-refractivity contribution is 5.76. The number of aryl methyl sites for hydroxylation is 1. The van der Waals surface area contributed by atoms with Gasteiger partial charge in [0, 0.05) is 18.3 Å². The van der Waals surface area contributed by atoms with E-state index in [9.17, 15) is 23.7 Å². The fourth-order valence-electron chi connectivity index (χ4n) is 2.53. The average Bonchev–Trinajstić information content (AvgIpc) is 3.00. The number of nitro groups is 1. The Kier molecular flexibility index (Phi) is 5.14. The van der Waals surface area contributed by atoms with Crippen LogP contribution in [0.15, 0.2) is 6.20 Å². The summed E-state index contributed by atoms with van der Waals surface area (Å²) in [7, 11) is 1.77. The van der Waals surface area contributed by atoms with Crippen LogP contribution in [0.1, 0.15) is 42.0 Å². The third-order valence-corrected chi connectivity index (χ3v) is 4.00. The van der Waals surface area contributed by atoms with E-state index in [4.69, 9.17) is 0 Å². The number of carbonyl (C=O) groups excluding carboxylic acids is 1. The number of carbonyl (C=O) groups is 1. The van der Waals surface area contributed by atoms with E-state index in [1.165, 1.54) is 6.92 Å². The van der Waals surface area contributed by atoms with Gasteiger partial charge in [0.25, 0.3) is 6.43 Å². The van der Waals surface area contributed by atoms with Gasteiger partial charge in [-0.3, -0.25) is 24.3 Å². The lowest BCUT2D eigenvalue weighted by atomic mass is 10.1. The standard InChI is InChI=1S/C14H18F2N6O3/c1-7(10-5-17-20(4)8(10)2)18-11(23)6-21-9(3)13(22(24)25)12(19-21)14(15)16/h5,7,14H,6H2,1-4H3,(H,18,23). The summed E-state index contributed by atoms with van der Waals surface area (Å²) >= 11 is 0. The first-order valence-electron chi connectivity index (χ1n) is 7.41. The topological polar surface area (TPSA) is 108 Å². The summed E-state index contributed by atoms with van der Waals surface area (Å²) in [6.07, 6.45) is -1.47. The van der Waals surface area contributed by atoms with Crippen LogP contribution in [0.5, 0.6) is 0 Å². The van der Waals surface area contributed by atoms with Crippen molar-refractivity contribution in [3.05, 3.63) is 39.0 Å². The minimum absolute atomic E-state index is 0.0966. The predicted molar refractivity (Wildman–Crippen MR) is 83.1 cm³/mol. The van der Waals surface area contributed by atoms with Crippen molar-refractivity contribution in [2.45, 2.75) is 39.8 Å². The van der Waals surface area contributed by atoms with E-state index in [-0.39, 0.29) is 11.7 Å². The molecule has 0 aliphatic carbocycles. The van der Waals surface area contributed by atoms with Crippen LogP contribution in [-0.4, -0.2) is 30.4 Å². The van der Waals surface area contributed by atoms with E-state index < -0.39 is 35.2 Å². The number of hydrogen-bond donors (Lipinski definition) is 1. The number of amides is 1. The second kappa shape index (κ2) is 6.95. The Morgan fingerprint density at radius 3 is 2.48 bits per heavy atom. The third-order valence-electron chi connectivity index (χ3n) is 4.00. The lowest BCUT2D eigenvalue weighted by Gasteiger charge is -2.14. The van der Waals surface area contributed by atoms with Crippen molar-refractivity contribution in [3.8, 4) is 0 Å². The molecule has 1 N–H and O–H groups in total. The van der Waals surface area contributed by atoms with E-state index >= 15 is 0 Å². The maximum atomic E-state index is 12.9. The average molecular weight is 356 g/mol. The number of halogens is 2. The predicted octanol–water partition coefficient (Wildman–Crippen LogP) is 1.96. The molecule has 2 aromatic heterocycles. The van der Waals surface area contributed by atoms with Crippen LogP contribution in [0.25, 0.3) is 0 Å². The van der Waals surface area contributed by atoms with Gasteiger partial charge < -0.3 is 5.32 Å². The molecule has 1 unspecified atom stereocenters. The lowest BCUT2D eigenvalue weighted by Crippen LogP contribution is -2.31. The van der Waals surface area contributed by atoms with Crippen molar-refractivity contribution in [2.75, 3.05) is 0 Å². The Hall–Kier alpha value is -2.85. The van der Waals surface area contributed by atoms with Crippen LogP contribution in [-0.2, 0) is 18.4 Å². The largest absolute Gasteiger partial charge is 0.348 e. The molecule has 0 saturated carbocycles. The smallest absolute Gasteiger partial charge is 0.319 e. The third kappa shape index (κ3) is 3.64. The zero-order valence-electron chi connectivity index (χ0n) is 14.2. The first kappa shape index (κ1) is 18.5. The second-order valence-corrected chi connectivity index (χ2v) is 5.63. The van der Waals surface area contributed by atoms with Gasteiger partial charge in [-0.25, -0.2) is 8.78 Å². The van der Waals surface area contributed by atoms with E-state index in [2.05, 4.69) is 15.5 Å². The molecule has 0 aromatic carbocycles. The van der Waals surface area contributed by atoms with Crippen molar-refractivity contribution in [3.63, 3.8) is 0 Å². The summed E-state index contributed by atoms with van der Waals surface area (Å²) in [4.78, 5) is 22.2. The molecule has 0 aliphatic heterocycles. The molecule has 0 spiro atoms. The zero-order chi connectivity index (χ0) is 18.9. The Labute approximate surface area is 141 Å². The molecule has 0 aliphatic rings. The van der Waals surface area contributed by atoms with Crippen molar-refractivity contribution in [2.24, 2.45) is 7.05 Å². The zero-order valence-corrected chi connectivity index (χ0v) is 14.2. The fourth-order valence-corrected chi connectivity index (χ4v) is 2.53. The summed E-state index contributed by atoms with van der Waals surface area (Å²) in [5, 5.41) is 21.3. The van der Waals surface area contributed by atoms with Crippen LogP contribution in [0.2, 0.25) is 0 Å². The molecule has 2 aromatic rings. The van der Waals surface area contributed by atoms with E-state index in [0.717, 1.165) is 15.9 Å². The number of aromatic nitrogens is 4. The molecule has 11 heteroatoms. The van der Waals surface area contributed by atoms with Crippen molar-refractivity contribution in [1.82, 2.24) is 24.9 Å². The van der Waals surface area contributed by atoms with Gasteiger partial charge in [0.15, 0.2) is 0 Å². The Balaban J connectivity index is 2.17. The highest BCUT2D eigenvalue weighted by atomic mass is 19.3.